The van der Waals surface area contributed by atoms with Crippen molar-refractivity contribution in [2.24, 2.45) is 0 Å². The van der Waals surface area contributed by atoms with Crippen LogP contribution < -0.4 is 0 Å². The summed E-state index contributed by atoms with van der Waals surface area (Å²) in [5.41, 5.74) is 5.71. The molecule has 0 N–H and O–H groups in total. The molecule has 32 heavy (non-hydrogen) atoms. The molecule has 0 spiro atoms. The van der Waals surface area contributed by atoms with Gasteiger partial charge in [-0.15, -0.1) is 0 Å². The van der Waals surface area contributed by atoms with Gasteiger partial charge in [0.05, 0.1) is 19.3 Å². The van der Waals surface area contributed by atoms with E-state index in [0.717, 1.165) is 34.3 Å². The van der Waals surface area contributed by atoms with Crippen molar-refractivity contribution in [3.63, 3.8) is 0 Å². The van der Waals surface area contributed by atoms with Gasteiger partial charge in [0, 0.05) is 29.2 Å². The van der Waals surface area contributed by atoms with Crippen LogP contribution in [0.25, 0.3) is 22.2 Å². The Morgan fingerprint density at radius 3 is 2.16 bits per heavy atom. The molecule has 0 fully saturated rings. The fourth-order valence-corrected chi connectivity index (χ4v) is 4.08. The lowest BCUT2D eigenvalue weighted by molar-refractivity contribution is 0.0593. The van der Waals surface area contributed by atoms with Gasteiger partial charge in [0.2, 0.25) is 0 Å². The molecule has 0 aliphatic carbocycles. The molecule has 0 aliphatic rings. The van der Waals surface area contributed by atoms with Gasteiger partial charge in [0.1, 0.15) is 0 Å². The molecule has 0 radical (unpaired) electrons. The third-order valence-corrected chi connectivity index (χ3v) is 5.61. The van der Waals surface area contributed by atoms with Crippen molar-refractivity contribution < 1.29 is 9.53 Å². The summed E-state index contributed by atoms with van der Waals surface area (Å²) >= 11 is 0. The number of esters is 1. The molecular weight excluding hydrogens is 398 g/mol. The molecule has 5 nitrogen and oxygen atoms in total. The maximum atomic E-state index is 12.3. The number of carbonyl (C=O) groups excluding carboxylic acids is 1. The van der Waals surface area contributed by atoms with Crippen molar-refractivity contribution >= 4 is 16.9 Å². The molecular formula is C27H23N3O2. The average Bonchev–Trinajstić information content (AvgIpc) is 3.41. The number of aromatic nitrogens is 3. The Balaban J connectivity index is 1.64. The zero-order valence-electron chi connectivity index (χ0n) is 17.8. The molecule has 5 aromatic rings. The second kappa shape index (κ2) is 8.55. The number of rotatable bonds is 6. The summed E-state index contributed by atoms with van der Waals surface area (Å²) in [6.45, 7) is 1.32. The van der Waals surface area contributed by atoms with E-state index >= 15 is 0 Å². The molecule has 0 unspecified atom stereocenters. The molecule has 5 rings (SSSR count). The number of benzene rings is 3. The van der Waals surface area contributed by atoms with E-state index in [1.807, 2.05) is 41.1 Å². The highest BCUT2D eigenvalue weighted by Crippen LogP contribution is 2.32. The lowest BCUT2D eigenvalue weighted by atomic mass is 10.1. The zero-order valence-corrected chi connectivity index (χ0v) is 17.8. The van der Waals surface area contributed by atoms with Crippen LogP contribution in [-0.2, 0) is 17.8 Å². The highest BCUT2D eigenvalue weighted by atomic mass is 16.5. The second-order valence-electron chi connectivity index (χ2n) is 7.72. The third kappa shape index (κ3) is 3.81. The van der Waals surface area contributed by atoms with Crippen LogP contribution in [0.5, 0.6) is 0 Å². The molecule has 3 aromatic carbocycles. The first kappa shape index (κ1) is 19.8. The van der Waals surface area contributed by atoms with E-state index in [9.17, 15) is 4.79 Å². The summed E-state index contributed by atoms with van der Waals surface area (Å²) in [5, 5.41) is 5.71. The van der Waals surface area contributed by atoms with Crippen LogP contribution in [0.4, 0.5) is 0 Å². The van der Waals surface area contributed by atoms with Gasteiger partial charge in [-0.2, -0.15) is 5.10 Å². The minimum atomic E-state index is -0.439. The van der Waals surface area contributed by atoms with E-state index in [1.54, 1.807) is 0 Å². The lowest BCUT2D eigenvalue weighted by Gasteiger charge is -2.07. The monoisotopic (exact) mass is 421 g/mol. The third-order valence-electron chi connectivity index (χ3n) is 5.61. The number of para-hydroxylation sites is 1. The fraction of sp³-hybridized carbons (Fsp3) is 0.111. The van der Waals surface area contributed by atoms with Crippen molar-refractivity contribution in [2.75, 3.05) is 7.11 Å². The number of fused-ring (bicyclic) bond motifs is 1. The predicted molar refractivity (Wildman–Crippen MR) is 126 cm³/mol. The van der Waals surface area contributed by atoms with Crippen molar-refractivity contribution in [1.82, 2.24) is 14.3 Å². The largest absolute Gasteiger partial charge is 0.464 e. The van der Waals surface area contributed by atoms with Gasteiger partial charge in [-0.3, -0.25) is 4.68 Å². The highest BCUT2D eigenvalue weighted by Gasteiger charge is 2.20. The molecule has 2 aromatic heterocycles. The van der Waals surface area contributed by atoms with Crippen LogP contribution in [0.3, 0.4) is 0 Å². The quantitative estimate of drug-likeness (QED) is 0.346. The van der Waals surface area contributed by atoms with Crippen molar-refractivity contribution in [1.29, 1.82) is 0 Å². The van der Waals surface area contributed by atoms with Crippen LogP contribution in [0.2, 0.25) is 0 Å². The van der Waals surface area contributed by atoms with Crippen LogP contribution in [0.15, 0.2) is 97.2 Å². The molecule has 0 aliphatic heterocycles. The van der Waals surface area contributed by atoms with Crippen LogP contribution >= 0.6 is 0 Å². The summed E-state index contributed by atoms with van der Waals surface area (Å²) in [4.78, 5) is 12.3. The van der Waals surface area contributed by atoms with Gasteiger partial charge in [-0.25, -0.2) is 4.79 Å². The molecule has 0 atom stereocenters. The maximum Gasteiger partial charge on any atom is 0.358 e. The topological polar surface area (TPSA) is 49.0 Å². The zero-order chi connectivity index (χ0) is 21.9. The van der Waals surface area contributed by atoms with Crippen LogP contribution in [-0.4, -0.2) is 27.4 Å². The molecule has 0 amide bonds. The normalized spacial score (nSPS) is 11.0. The van der Waals surface area contributed by atoms with E-state index in [-0.39, 0.29) is 0 Å². The number of hydrogen-bond acceptors (Lipinski definition) is 3. The predicted octanol–water partition coefficient (Wildman–Crippen LogP) is 5.39. The van der Waals surface area contributed by atoms with Gasteiger partial charge in [0.15, 0.2) is 5.69 Å². The SMILES string of the molecule is COC(=O)c1cc(-c2cn(Cc3ccccc3)c3ccccc23)n(Cc2ccccc2)n1. The Bertz CT molecular complexity index is 1370. The van der Waals surface area contributed by atoms with Gasteiger partial charge in [0.25, 0.3) is 0 Å². The van der Waals surface area contributed by atoms with E-state index in [0.29, 0.717) is 12.2 Å². The minimum Gasteiger partial charge on any atom is -0.464 e. The summed E-state index contributed by atoms with van der Waals surface area (Å²) in [7, 11) is 1.38. The standard InChI is InChI=1S/C27H23N3O2/c1-32-27(31)24-16-26(30(28-24)18-21-12-6-3-7-13-21)23-19-29(17-20-10-4-2-5-11-20)25-15-9-8-14-22(23)25/h2-16,19H,17-18H2,1H3. The Morgan fingerprint density at radius 2 is 1.47 bits per heavy atom. The van der Waals surface area contributed by atoms with Crippen molar-refractivity contribution in [3.8, 4) is 11.3 Å². The van der Waals surface area contributed by atoms with E-state index in [4.69, 9.17) is 4.74 Å². The van der Waals surface area contributed by atoms with E-state index in [2.05, 4.69) is 70.5 Å². The molecule has 158 valence electrons. The maximum absolute atomic E-state index is 12.3. The van der Waals surface area contributed by atoms with Crippen LogP contribution in [0, 0.1) is 0 Å². The van der Waals surface area contributed by atoms with E-state index in [1.165, 1.54) is 12.7 Å². The number of carbonyl (C=O) groups is 1. The Hall–Kier alpha value is -4.12. The fourth-order valence-electron chi connectivity index (χ4n) is 4.08. The average molecular weight is 422 g/mol. The number of methoxy groups -OCH3 is 1. The first-order chi connectivity index (χ1) is 15.7. The molecule has 0 saturated carbocycles. The van der Waals surface area contributed by atoms with Gasteiger partial charge in [-0.05, 0) is 23.3 Å². The van der Waals surface area contributed by atoms with Gasteiger partial charge in [-0.1, -0.05) is 78.9 Å². The molecule has 0 saturated heterocycles. The molecule has 0 bridgehead atoms. The van der Waals surface area contributed by atoms with Crippen molar-refractivity contribution in [3.05, 3.63) is 114 Å². The molecule has 2 heterocycles. The Kier molecular flexibility index (Phi) is 5.30. The van der Waals surface area contributed by atoms with Gasteiger partial charge < -0.3 is 9.30 Å². The first-order valence-corrected chi connectivity index (χ1v) is 10.5. The summed E-state index contributed by atoms with van der Waals surface area (Å²) in [5.74, 6) is -0.439. The number of nitrogens with zero attached hydrogens (tertiary/aromatic N) is 3. The van der Waals surface area contributed by atoms with Crippen LogP contribution in [0.1, 0.15) is 21.6 Å². The second-order valence-corrected chi connectivity index (χ2v) is 7.72. The minimum absolute atomic E-state index is 0.304. The summed E-state index contributed by atoms with van der Waals surface area (Å²) < 4.78 is 9.08. The Labute approximate surface area is 186 Å². The van der Waals surface area contributed by atoms with E-state index < -0.39 is 5.97 Å². The summed E-state index contributed by atoms with van der Waals surface area (Å²) in [6, 6.07) is 30.7. The Morgan fingerprint density at radius 1 is 0.844 bits per heavy atom. The smallest absolute Gasteiger partial charge is 0.358 e. The van der Waals surface area contributed by atoms with Crippen molar-refractivity contribution in [2.45, 2.75) is 13.1 Å². The highest BCUT2D eigenvalue weighted by molar-refractivity contribution is 5.97. The van der Waals surface area contributed by atoms with Gasteiger partial charge >= 0.3 is 5.97 Å². The number of hydrogen-bond donors (Lipinski definition) is 0. The number of ether oxygens (including phenoxy) is 1. The molecule has 5 heteroatoms. The first-order valence-electron chi connectivity index (χ1n) is 10.5. The summed E-state index contributed by atoms with van der Waals surface area (Å²) in [6.07, 6.45) is 2.15. The lowest BCUT2D eigenvalue weighted by Crippen LogP contribution is -2.07.